The van der Waals surface area contributed by atoms with Gasteiger partial charge in [-0.05, 0) is 51.6 Å². The van der Waals surface area contributed by atoms with Gasteiger partial charge in [-0.3, -0.25) is 9.69 Å². The van der Waals surface area contributed by atoms with Crippen molar-refractivity contribution in [3.8, 4) is 0 Å². The molecule has 3 nitrogen and oxygen atoms in total. The normalized spacial score (nSPS) is 18.8. The maximum atomic E-state index is 14.0. The summed E-state index contributed by atoms with van der Waals surface area (Å²) in [6, 6.07) is 0. The summed E-state index contributed by atoms with van der Waals surface area (Å²) in [6.07, 6.45) is 2.81. The van der Waals surface area contributed by atoms with Crippen LogP contribution in [-0.2, 0) is 9.53 Å². The van der Waals surface area contributed by atoms with Gasteiger partial charge in [-0.1, -0.05) is 39.8 Å². The molecule has 1 fully saturated rings. The first-order chi connectivity index (χ1) is 12.1. The third kappa shape index (κ3) is 12.2. The number of alkyl halides is 1. The highest BCUT2D eigenvalue weighted by molar-refractivity contribution is 5.36. The Morgan fingerprint density at radius 1 is 1.35 bits per heavy atom. The molecular weight excluding hydrogens is 336 g/mol. The number of rotatable bonds is 6. The maximum Gasteiger partial charge on any atom is 0.292 e. The molecule has 26 heavy (non-hydrogen) atoms. The van der Waals surface area contributed by atoms with Gasteiger partial charge in [0.25, 0.3) is 6.47 Å². The number of carbonyl (C=O) groups excluding carboxylic acids is 1. The monoisotopic (exact) mass is 375 g/mol. The van der Waals surface area contributed by atoms with Crippen LogP contribution in [0, 0.1) is 5.92 Å². The molecule has 5 heteroatoms. The molecule has 0 aliphatic carbocycles. The van der Waals surface area contributed by atoms with Crippen LogP contribution in [-0.4, -0.2) is 43.3 Å². The minimum absolute atomic E-state index is 0.105. The third-order valence-corrected chi connectivity index (χ3v) is 3.96. The Labute approximate surface area is 159 Å². The van der Waals surface area contributed by atoms with Crippen molar-refractivity contribution in [1.82, 2.24) is 4.90 Å². The highest BCUT2D eigenvalue weighted by atomic mass is 19.1. The van der Waals surface area contributed by atoms with Crippen molar-refractivity contribution in [3.05, 3.63) is 24.1 Å². The molecule has 0 radical (unpaired) electrons. The zero-order valence-corrected chi connectivity index (χ0v) is 17.8. The van der Waals surface area contributed by atoms with E-state index in [1.54, 1.807) is 0 Å². The van der Waals surface area contributed by atoms with Crippen molar-refractivity contribution >= 4 is 6.47 Å². The number of ether oxygens (including phenoxy) is 1. The van der Waals surface area contributed by atoms with E-state index >= 15 is 0 Å². The fraction of sp³-hybridized carbons (Fsp3) is 0.762. The molecule has 0 saturated carbocycles. The summed E-state index contributed by atoms with van der Waals surface area (Å²) in [5.74, 6) is -0.203. The fourth-order valence-electron chi connectivity index (χ4n) is 2.54. The van der Waals surface area contributed by atoms with E-state index in [1.807, 2.05) is 6.92 Å². The summed E-state index contributed by atoms with van der Waals surface area (Å²) in [7, 11) is 1.31. The van der Waals surface area contributed by atoms with Crippen LogP contribution in [0.25, 0.3) is 0 Å². The Morgan fingerprint density at radius 2 is 1.85 bits per heavy atom. The molecule has 0 N–H and O–H groups in total. The fourth-order valence-corrected chi connectivity index (χ4v) is 2.54. The summed E-state index contributed by atoms with van der Waals surface area (Å²) in [4.78, 5) is 11.3. The van der Waals surface area contributed by atoms with E-state index in [0.717, 1.165) is 19.5 Å². The van der Waals surface area contributed by atoms with Gasteiger partial charge in [-0.2, -0.15) is 0 Å². The van der Waals surface area contributed by atoms with Crippen LogP contribution >= 0.6 is 0 Å². The number of carbonyl (C=O) groups is 1. The first-order valence-electron chi connectivity index (χ1n) is 9.47. The van der Waals surface area contributed by atoms with Gasteiger partial charge in [0.1, 0.15) is 6.17 Å². The van der Waals surface area contributed by atoms with E-state index in [-0.39, 0.29) is 23.7 Å². The quantitative estimate of drug-likeness (QED) is 0.430. The number of hydrogen-bond donors (Lipinski definition) is 0. The number of methoxy groups -OCH3 is 1. The average Bonchev–Trinajstić information content (AvgIpc) is 3.05. The third-order valence-electron chi connectivity index (χ3n) is 3.96. The van der Waals surface area contributed by atoms with Crippen LogP contribution in [0.15, 0.2) is 24.1 Å². The molecule has 1 aliphatic rings. The first kappa shape index (κ1) is 27.0. The lowest BCUT2D eigenvalue weighted by atomic mass is 9.93. The molecule has 0 spiro atoms. The highest BCUT2D eigenvalue weighted by Gasteiger charge is 2.33. The molecule has 1 rings (SSSR count). The summed E-state index contributed by atoms with van der Waals surface area (Å²) in [6.45, 7) is 18.6. The number of hydrogen-bond acceptors (Lipinski definition) is 3. The number of likely N-dealkylation sites (tertiary alicyclic amines) is 1. The number of nitrogens with zero attached hydrogens (tertiary/aromatic N) is 1. The molecular formula is C21H39F2NO2. The summed E-state index contributed by atoms with van der Waals surface area (Å²) in [5.41, 5.74) is 0.667. The van der Waals surface area contributed by atoms with Crippen molar-refractivity contribution in [3.63, 3.8) is 0 Å². The Balaban J connectivity index is 0. The molecule has 0 bridgehead atoms. The molecule has 1 aliphatic heterocycles. The smallest absolute Gasteiger partial charge is 0.292 e. The Hall–Kier alpha value is -1.23. The van der Waals surface area contributed by atoms with Gasteiger partial charge >= 0.3 is 0 Å². The van der Waals surface area contributed by atoms with Crippen LogP contribution in [0.4, 0.5) is 8.78 Å². The van der Waals surface area contributed by atoms with E-state index in [9.17, 15) is 8.78 Å². The van der Waals surface area contributed by atoms with Crippen molar-refractivity contribution < 1.29 is 18.3 Å². The molecule has 1 heterocycles. The van der Waals surface area contributed by atoms with Crippen molar-refractivity contribution in [2.75, 3.05) is 20.2 Å². The Morgan fingerprint density at radius 3 is 2.19 bits per heavy atom. The lowest BCUT2D eigenvalue weighted by Gasteiger charge is -2.32. The van der Waals surface area contributed by atoms with Crippen LogP contribution in [0.3, 0.4) is 0 Å². The lowest BCUT2D eigenvalue weighted by Crippen LogP contribution is -2.39. The number of allylic oxidation sites excluding steroid dienone is 2. The van der Waals surface area contributed by atoms with Gasteiger partial charge in [0, 0.05) is 18.5 Å². The summed E-state index contributed by atoms with van der Waals surface area (Å²) >= 11 is 0. The van der Waals surface area contributed by atoms with Gasteiger partial charge in [0.15, 0.2) is 0 Å². The molecule has 1 unspecified atom stereocenters. The van der Waals surface area contributed by atoms with Crippen LogP contribution in [0.5, 0.6) is 0 Å². The standard InChI is InChI=1S/C16H27F2N.C3H8.C2H4O2/c1-6-7-14(17)10-15(18)12(2)13-8-9-19(11-13)16(3,4)5;1-3-2;1-4-2-3/h7,13,15H,2,6,8-11H2,1,3-5H3;3H2,1-2H3;2H,1H3/b14-7+;;/t13-,15?;;/m0../s1. The van der Waals surface area contributed by atoms with E-state index in [2.05, 4.69) is 50.8 Å². The second kappa shape index (κ2) is 14.9. The number of halogens is 2. The van der Waals surface area contributed by atoms with Gasteiger partial charge in [-0.15, -0.1) is 0 Å². The minimum Gasteiger partial charge on any atom is -0.471 e. The maximum absolute atomic E-state index is 14.0. The Bertz CT molecular complexity index is 417. The van der Waals surface area contributed by atoms with Crippen LogP contribution in [0.2, 0.25) is 0 Å². The van der Waals surface area contributed by atoms with E-state index in [0.29, 0.717) is 18.5 Å². The SMILES string of the molecule is C=C(C(F)C/C(F)=C\CC)[C@H]1CCN(C(C)(C)C)C1.CCC.COC=O. The van der Waals surface area contributed by atoms with Crippen LogP contribution in [0.1, 0.15) is 67.2 Å². The zero-order chi connectivity index (χ0) is 20.8. The van der Waals surface area contributed by atoms with Crippen molar-refractivity contribution in [2.24, 2.45) is 5.92 Å². The molecule has 154 valence electrons. The molecule has 2 atom stereocenters. The zero-order valence-electron chi connectivity index (χ0n) is 17.8. The van der Waals surface area contributed by atoms with Gasteiger partial charge in [0.05, 0.1) is 12.9 Å². The van der Waals surface area contributed by atoms with Gasteiger partial charge in [0.2, 0.25) is 0 Å². The summed E-state index contributed by atoms with van der Waals surface area (Å²) < 4.78 is 31.2. The largest absolute Gasteiger partial charge is 0.471 e. The van der Waals surface area contributed by atoms with E-state index in [1.165, 1.54) is 19.6 Å². The first-order valence-corrected chi connectivity index (χ1v) is 9.47. The summed E-state index contributed by atoms with van der Waals surface area (Å²) in [5, 5.41) is 0. The second-order valence-corrected chi connectivity index (χ2v) is 7.45. The second-order valence-electron chi connectivity index (χ2n) is 7.45. The lowest BCUT2D eigenvalue weighted by molar-refractivity contribution is -0.126. The van der Waals surface area contributed by atoms with E-state index in [4.69, 9.17) is 4.79 Å². The van der Waals surface area contributed by atoms with Gasteiger partial charge in [-0.25, -0.2) is 8.78 Å². The topological polar surface area (TPSA) is 29.5 Å². The van der Waals surface area contributed by atoms with E-state index < -0.39 is 6.17 Å². The predicted molar refractivity (Wildman–Crippen MR) is 107 cm³/mol. The molecule has 0 aromatic heterocycles. The van der Waals surface area contributed by atoms with Gasteiger partial charge < -0.3 is 4.74 Å². The highest BCUT2D eigenvalue weighted by Crippen LogP contribution is 2.32. The Kier molecular flexibility index (Phi) is 15.5. The average molecular weight is 376 g/mol. The predicted octanol–water partition coefficient (Wildman–Crippen LogP) is 5.86. The van der Waals surface area contributed by atoms with Crippen LogP contribution < -0.4 is 0 Å². The molecule has 0 aromatic carbocycles. The van der Waals surface area contributed by atoms with Crippen molar-refractivity contribution in [2.45, 2.75) is 78.9 Å². The van der Waals surface area contributed by atoms with Crippen molar-refractivity contribution in [1.29, 1.82) is 0 Å². The molecule has 0 amide bonds. The molecule has 1 saturated heterocycles. The molecule has 0 aromatic rings. The minimum atomic E-state index is -1.26.